The summed E-state index contributed by atoms with van der Waals surface area (Å²) in [5.74, 6) is 0.958. The molecule has 15 heavy (non-hydrogen) atoms. The van der Waals surface area contributed by atoms with Crippen LogP contribution in [0.2, 0.25) is 0 Å². The molecule has 0 bridgehead atoms. The molecule has 0 saturated carbocycles. The minimum Gasteiger partial charge on any atom is -0.489 e. The minimum atomic E-state index is 0.550. The number of benzene rings is 1. The molecule has 0 aliphatic heterocycles. The first-order chi connectivity index (χ1) is 7.06. The van der Waals surface area contributed by atoms with Crippen LogP contribution < -0.4 is 4.74 Å². The molecule has 0 atom stereocenters. The van der Waals surface area contributed by atoms with Crippen LogP contribution in [0.15, 0.2) is 31.4 Å². The van der Waals surface area contributed by atoms with Gasteiger partial charge in [-0.25, -0.2) is 0 Å². The van der Waals surface area contributed by atoms with Crippen molar-refractivity contribution in [2.75, 3.05) is 6.61 Å². The second kappa shape index (κ2) is 4.83. The number of aryl methyl sites for hydroxylation is 2. The van der Waals surface area contributed by atoms with Crippen LogP contribution in [0.5, 0.6) is 5.75 Å². The summed E-state index contributed by atoms with van der Waals surface area (Å²) in [7, 11) is 0. The van der Waals surface area contributed by atoms with Crippen molar-refractivity contribution in [1.82, 2.24) is 0 Å². The van der Waals surface area contributed by atoms with Crippen LogP contribution in [0.25, 0.3) is 5.57 Å². The highest BCUT2D eigenvalue weighted by atomic mass is 16.5. The third-order valence-electron chi connectivity index (χ3n) is 2.30. The van der Waals surface area contributed by atoms with Crippen molar-refractivity contribution in [3.05, 3.63) is 48.1 Å². The van der Waals surface area contributed by atoms with Crippen molar-refractivity contribution in [3.8, 4) is 5.75 Å². The smallest absolute Gasteiger partial charge is 0.125 e. The molecule has 1 aromatic rings. The maximum atomic E-state index is 5.60. The fraction of sp³-hybridized carbons (Fsp3) is 0.286. The lowest BCUT2D eigenvalue weighted by Gasteiger charge is -2.12. The Hall–Kier alpha value is -1.50. The zero-order valence-electron chi connectivity index (χ0n) is 9.76. The topological polar surface area (TPSA) is 9.23 Å². The first-order valence-corrected chi connectivity index (χ1v) is 5.07. The number of rotatable bonds is 4. The van der Waals surface area contributed by atoms with E-state index in [1.54, 1.807) is 6.08 Å². The van der Waals surface area contributed by atoms with E-state index >= 15 is 0 Å². The molecule has 0 amide bonds. The quantitative estimate of drug-likeness (QED) is 0.673. The fourth-order valence-electron chi connectivity index (χ4n) is 1.57. The van der Waals surface area contributed by atoms with E-state index in [9.17, 15) is 0 Å². The number of hydrogen-bond acceptors (Lipinski definition) is 1. The van der Waals surface area contributed by atoms with Crippen LogP contribution >= 0.6 is 0 Å². The van der Waals surface area contributed by atoms with Gasteiger partial charge in [-0.05, 0) is 49.6 Å². The summed E-state index contributed by atoms with van der Waals surface area (Å²) in [5.41, 5.74) is 4.55. The van der Waals surface area contributed by atoms with Gasteiger partial charge in [-0.3, -0.25) is 0 Å². The van der Waals surface area contributed by atoms with Crippen LogP contribution in [0.1, 0.15) is 23.6 Å². The van der Waals surface area contributed by atoms with Gasteiger partial charge < -0.3 is 4.74 Å². The highest BCUT2D eigenvalue weighted by molar-refractivity contribution is 5.64. The molecule has 1 nitrogen and oxygen atoms in total. The summed E-state index contributed by atoms with van der Waals surface area (Å²) in [6.07, 6.45) is 1.76. The summed E-state index contributed by atoms with van der Waals surface area (Å²) in [6, 6.07) is 4.21. The average Bonchev–Trinajstić information content (AvgIpc) is 2.16. The zero-order chi connectivity index (χ0) is 11.4. The first-order valence-electron chi connectivity index (χ1n) is 5.07. The van der Waals surface area contributed by atoms with Crippen molar-refractivity contribution < 1.29 is 4.74 Å². The van der Waals surface area contributed by atoms with Crippen molar-refractivity contribution in [2.45, 2.75) is 20.8 Å². The van der Waals surface area contributed by atoms with E-state index in [0.717, 1.165) is 22.4 Å². The molecule has 80 valence electrons. The monoisotopic (exact) mass is 202 g/mol. The van der Waals surface area contributed by atoms with E-state index < -0.39 is 0 Å². The zero-order valence-corrected chi connectivity index (χ0v) is 9.76. The van der Waals surface area contributed by atoms with E-state index in [-0.39, 0.29) is 0 Å². The molecule has 0 radical (unpaired) electrons. The van der Waals surface area contributed by atoms with Crippen molar-refractivity contribution in [1.29, 1.82) is 0 Å². The molecule has 0 N–H and O–H groups in total. The van der Waals surface area contributed by atoms with Crippen molar-refractivity contribution >= 4 is 5.57 Å². The minimum absolute atomic E-state index is 0.550. The highest BCUT2D eigenvalue weighted by Crippen LogP contribution is 2.27. The molecular weight excluding hydrogens is 184 g/mol. The second-order valence-electron chi connectivity index (χ2n) is 3.82. The van der Waals surface area contributed by atoms with Crippen LogP contribution in [-0.4, -0.2) is 6.61 Å². The van der Waals surface area contributed by atoms with E-state index in [4.69, 9.17) is 4.74 Å². The third kappa shape index (κ3) is 2.72. The number of allylic oxidation sites excluding steroid dienone is 1. The molecule has 1 aromatic carbocycles. The molecule has 0 fully saturated rings. The van der Waals surface area contributed by atoms with Gasteiger partial charge in [0.1, 0.15) is 12.4 Å². The summed E-state index contributed by atoms with van der Waals surface area (Å²) in [6.45, 7) is 14.3. The standard InChI is InChI=1S/C14H18O/c1-6-7-15-14-11(4)8-13(10(2)3)9-12(14)5/h6,8-9H,1-2,7H2,3-5H3. The maximum Gasteiger partial charge on any atom is 0.125 e. The second-order valence-corrected chi connectivity index (χ2v) is 3.82. The van der Waals surface area contributed by atoms with Crippen LogP contribution in [0.3, 0.4) is 0 Å². The largest absolute Gasteiger partial charge is 0.489 e. The molecule has 0 spiro atoms. The Balaban J connectivity index is 3.09. The van der Waals surface area contributed by atoms with Gasteiger partial charge in [0, 0.05) is 0 Å². The Morgan fingerprint density at radius 3 is 2.27 bits per heavy atom. The summed E-state index contributed by atoms with van der Waals surface area (Å²) < 4.78 is 5.60. The Bertz CT molecular complexity index is 365. The number of hydrogen-bond donors (Lipinski definition) is 0. The van der Waals surface area contributed by atoms with Gasteiger partial charge >= 0.3 is 0 Å². The Morgan fingerprint density at radius 2 is 1.87 bits per heavy atom. The summed E-state index contributed by atoms with van der Waals surface area (Å²) in [4.78, 5) is 0. The molecule has 0 heterocycles. The number of ether oxygens (including phenoxy) is 1. The van der Waals surface area contributed by atoms with Gasteiger partial charge in [-0.2, -0.15) is 0 Å². The molecule has 0 aliphatic carbocycles. The van der Waals surface area contributed by atoms with Gasteiger partial charge in [0.25, 0.3) is 0 Å². The van der Waals surface area contributed by atoms with Gasteiger partial charge in [-0.15, -0.1) is 0 Å². The summed E-state index contributed by atoms with van der Waals surface area (Å²) >= 11 is 0. The first kappa shape index (κ1) is 11.6. The van der Waals surface area contributed by atoms with Crippen LogP contribution in [0, 0.1) is 13.8 Å². The SMILES string of the molecule is C=CCOc1c(C)cc(C(=C)C)cc1C. The highest BCUT2D eigenvalue weighted by Gasteiger charge is 2.06. The fourth-order valence-corrected chi connectivity index (χ4v) is 1.57. The molecule has 0 aliphatic rings. The predicted molar refractivity (Wildman–Crippen MR) is 66.3 cm³/mol. The Kier molecular flexibility index (Phi) is 3.73. The van der Waals surface area contributed by atoms with Crippen molar-refractivity contribution in [3.63, 3.8) is 0 Å². The lowest BCUT2D eigenvalue weighted by atomic mass is 10.0. The van der Waals surface area contributed by atoms with Gasteiger partial charge in [-0.1, -0.05) is 24.8 Å². The van der Waals surface area contributed by atoms with Gasteiger partial charge in [0.2, 0.25) is 0 Å². The van der Waals surface area contributed by atoms with Crippen molar-refractivity contribution in [2.24, 2.45) is 0 Å². The third-order valence-corrected chi connectivity index (χ3v) is 2.30. The predicted octanol–water partition coefficient (Wildman–Crippen LogP) is 3.90. The molecule has 0 aromatic heterocycles. The van der Waals surface area contributed by atoms with E-state index in [0.29, 0.717) is 6.61 Å². The molecule has 1 rings (SSSR count). The van der Waals surface area contributed by atoms with E-state index in [1.165, 1.54) is 5.56 Å². The maximum absolute atomic E-state index is 5.60. The normalized spacial score (nSPS) is 9.80. The Labute approximate surface area is 92.1 Å². The molecule has 1 heteroatoms. The van der Waals surface area contributed by atoms with Crippen LogP contribution in [0.4, 0.5) is 0 Å². The van der Waals surface area contributed by atoms with Gasteiger partial charge in [0.05, 0.1) is 0 Å². The lowest BCUT2D eigenvalue weighted by Crippen LogP contribution is -1.98. The van der Waals surface area contributed by atoms with Gasteiger partial charge in [0.15, 0.2) is 0 Å². The van der Waals surface area contributed by atoms with E-state index in [2.05, 4.69) is 39.1 Å². The van der Waals surface area contributed by atoms with Crippen LogP contribution in [-0.2, 0) is 0 Å². The van der Waals surface area contributed by atoms with E-state index in [1.807, 2.05) is 6.92 Å². The molecular formula is C14H18O. The molecule has 0 saturated heterocycles. The lowest BCUT2D eigenvalue weighted by molar-refractivity contribution is 0.358. The molecule has 0 unspecified atom stereocenters. The summed E-state index contributed by atoms with van der Waals surface area (Å²) in [5, 5.41) is 0. The average molecular weight is 202 g/mol. The Morgan fingerprint density at radius 1 is 1.33 bits per heavy atom.